The lowest BCUT2D eigenvalue weighted by atomic mass is 9.77. The molecule has 9 heteroatoms. The number of nitrogens with zero attached hydrogens (tertiary/aromatic N) is 3. The largest absolute Gasteiger partial charge is 0.462 e. The average Bonchev–Trinajstić information content (AvgIpc) is 3.29. The fraction of sp³-hybridized carbons (Fsp3) is 0.346. The molecule has 0 spiro atoms. The summed E-state index contributed by atoms with van der Waals surface area (Å²) in [4.78, 5) is 32.5. The van der Waals surface area contributed by atoms with Crippen LogP contribution in [0.15, 0.2) is 53.5 Å². The van der Waals surface area contributed by atoms with Crippen molar-refractivity contribution in [1.82, 2.24) is 9.55 Å². The predicted molar refractivity (Wildman–Crippen MR) is 129 cm³/mol. The second kappa shape index (κ2) is 8.88. The number of aromatic nitrogens is 2. The van der Waals surface area contributed by atoms with E-state index in [2.05, 4.69) is 24.0 Å². The van der Waals surface area contributed by atoms with Gasteiger partial charge in [0.05, 0.1) is 17.7 Å². The summed E-state index contributed by atoms with van der Waals surface area (Å²) in [5.41, 5.74) is 5.64. The number of pyridine rings is 2. The average molecular weight is 481 g/mol. The van der Waals surface area contributed by atoms with E-state index in [1.54, 1.807) is 19.1 Å². The first kappa shape index (κ1) is 23.2. The molecule has 1 aliphatic heterocycles. The fourth-order valence-corrected chi connectivity index (χ4v) is 5.18. The van der Waals surface area contributed by atoms with E-state index in [-0.39, 0.29) is 40.9 Å². The van der Waals surface area contributed by atoms with Gasteiger partial charge in [-0.3, -0.25) is 9.36 Å². The normalized spacial score (nSPS) is 23.5. The zero-order valence-corrected chi connectivity index (χ0v) is 19.4. The lowest BCUT2D eigenvalue weighted by Crippen LogP contribution is -2.38. The van der Waals surface area contributed by atoms with E-state index in [4.69, 9.17) is 15.5 Å². The van der Waals surface area contributed by atoms with Crippen LogP contribution in [0.25, 0.3) is 16.7 Å². The molecule has 1 aromatic carbocycles. The fourth-order valence-electron chi connectivity index (χ4n) is 5.18. The highest BCUT2D eigenvalue weighted by molar-refractivity contribution is 5.93. The minimum atomic E-state index is -0.852. The topological polar surface area (TPSA) is 90.5 Å². The SMILES string of the molecule is CCOC(=O)c1cn(-c2ccc(F)cc2F)c2nc(N3CC4C(C)C=CC(N)C4C3)ccc2c1=O. The molecule has 4 atom stereocenters. The molecule has 4 unspecified atom stereocenters. The van der Waals surface area contributed by atoms with Crippen LogP contribution in [0.1, 0.15) is 24.2 Å². The molecular formula is C26H26F2N4O3. The number of hydrogen-bond acceptors (Lipinski definition) is 6. The zero-order valence-electron chi connectivity index (χ0n) is 19.4. The number of anilines is 1. The standard InChI is InChI=1S/C26H26F2N4O3/c1-3-35-26(34)19-13-32(22-8-5-15(27)10-20(22)28)25-16(24(19)33)6-9-23(30-25)31-11-17-14(2)4-7-21(29)18(17)12-31/h4-10,13-14,17-18,21H,3,11-12,29H2,1-2H3. The van der Waals surface area contributed by atoms with Crippen LogP contribution in [-0.2, 0) is 4.74 Å². The third-order valence-corrected chi connectivity index (χ3v) is 7.04. The number of fused-ring (bicyclic) bond motifs is 2. The first-order valence-electron chi connectivity index (χ1n) is 11.7. The van der Waals surface area contributed by atoms with Crippen LogP contribution in [0.3, 0.4) is 0 Å². The molecule has 0 radical (unpaired) electrons. The highest BCUT2D eigenvalue weighted by Crippen LogP contribution is 2.38. The minimum Gasteiger partial charge on any atom is -0.462 e. The number of ether oxygens (including phenoxy) is 1. The molecule has 2 aromatic heterocycles. The van der Waals surface area contributed by atoms with E-state index < -0.39 is 23.0 Å². The van der Waals surface area contributed by atoms with Crippen LogP contribution < -0.4 is 16.1 Å². The molecule has 1 saturated heterocycles. The third kappa shape index (κ3) is 3.99. The Morgan fingerprint density at radius 1 is 1.17 bits per heavy atom. The number of benzene rings is 1. The van der Waals surface area contributed by atoms with Crippen molar-refractivity contribution < 1.29 is 18.3 Å². The van der Waals surface area contributed by atoms with Crippen LogP contribution in [0, 0.1) is 29.4 Å². The smallest absolute Gasteiger partial charge is 0.343 e. The summed E-state index contributed by atoms with van der Waals surface area (Å²) >= 11 is 0. The van der Waals surface area contributed by atoms with Crippen molar-refractivity contribution in [1.29, 1.82) is 0 Å². The predicted octanol–water partition coefficient (Wildman–Crippen LogP) is 3.43. The van der Waals surface area contributed by atoms with Gasteiger partial charge < -0.3 is 15.4 Å². The van der Waals surface area contributed by atoms with Crippen molar-refractivity contribution in [2.24, 2.45) is 23.5 Å². The Labute approximate surface area is 200 Å². The van der Waals surface area contributed by atoms with Gasteiger partial charge >= 0.3 is 5.97 Å². The number of esters is 1. The first-order chi connectivity index (χ1) is 16.8. The van der Waals surface area contributed by atoms with Crippen LogP contribution in [0.2, 0.25) is 0 Å². The van der Waals surface area contributed by atoms with Crippen LogP contribution >= 0.6 is 0 Å². The number of allylic oxidation sites excluding steroid dienone is 1. The van der Waals surface area contributed by atoms with Crippen molar-refractivity contribution >= 4 is 22.8 Å². The number of carbonyl (C=O) groups is 1. The molecular weight excluding hydrogens is 454 g/mol. The summed E-state index contributed by atoms with van der Waals surface area (Å²) in [5, 5.41) is 0.131. The van der Waals surface area contributed by atoms with Crippen molar-refractivity contribution in [2.45, 2.75) is 19.9 Å². The number of rotatable bonds is 4. The van der Waals surface area contributed by atoms with E-state index in [9.17, 15) is 18.4 Å². The molecule has 35 heavy (non-hydrogen) atoms. The van der Waals surface area contributed by atoms with Gasteiger partial charge in [-0.05, 0) is 43.0 Å². The Hall–Kier alpha value is -3.59. The quantitative estimate of drug-likeness (QED) is 0.455. The summed E-state index contributed by atoms with van der Waals surface area (Å²) in [6, 6.07) is 6.37. The monoisotopic (exact) mass is 480 g/mol. The van der Waals surface area contributed by atoms with Gasteiger partial charge in [-0.15, -0.1) is 0 Å². The molecule has 182 valence electrons. The molecule has 3 aromatic rings. The maximum Gasteiger partial charge on any atom is 0.343 e. The van der Waals surface area contributed by atoms with E-state index in [0.717, 1.165) is 18.7 Å². The molecule has 1 fully saturated rings. The number of hydrogen-bond donors (Lipinski definition) is 1. The summed E-state index contributed by atoms with van der Waals surface area (Å²) in [5.74, 6) is -0.774. The minimum absolute atomic E-state index is 0.0402. The zero-order chi connectivity index (χ0) is 24.9. The summed E-state index contributed by atoms with van der Waals surface area (Å²) in [6.45, 7) is 5.32. The Morgan fingerprint density at radius 3 is 2.66 bits per heavy atom. The summed E-state index contributed by atoms with van der Waals surface area (Å²) < 4.78 is 34.8. The molecule has 5 rings (SSSR count). The van der Waals surface area contributed by atoms with Gasteiger partial charge in [0, 0.05) is 37.3 Å². The van der Waals surface area contributed by atoms with Gasteiger partial charge in [0.25, 0.3) is 0 Å². The Bertz CT molecular complexity index is 1380. The van der Waals surface area contributed by atoms with E-state index in [1.165, 1.54) is 16.8 Å². The Kier molecular flexibility index (Phi) is 5.88. The molecule has 7 nitrogen and oxygen atoms in total. The molecule has 1 aliphatic carbocycles. The van der Waals surface area contributed by atoms with Crippen LogP contribution in [0.5, 0.6) is 0 Å². The highest BCUT2D eigenvalue weighted by atomic mass is 19.1. The Morgan fingerprint density at radius 2 is 1.94 bits per heavy atom. The summed E-state index contributed by atoms with van der Waals surface area (Å²) in [7, 11) is 0. The van der Waals surface area contributed by atoms with Gasteiger partial charge in [0.15, 0.2) is 5.65 Å². The van der Waals surface area contributed by atoms with Gasteiger partial charge in [0.2, 0.25) is 5.43 Å². The summed E-state index contributed by atoms with van der Waals surface area (Å²) in [6.07, 6.45) is 5.41. The van der Waals surface area contributed by atoms with Gasteiger partial charge in [-0.2, -0.15) is 0 Å². The van der Waals surface area contributed by atoms with E-state index >= 15 is 0 Å². The molecule has 3 heterocycles. The first-order valence-corrected chi connectivity index (χ1v) is 11.7. The van der Waals surface area contributed by atoms with Crippen molar-refractivity contribution in [2.75, 3.05) is 24.6 Å². The second-order valence-corrected chi connectivity index (χ2v) is 9.15. The highest BCUT2D eigenvalue weighted by Gasteiger charge is 2.40. The maximum atomic E-state index is 14.8. The second-order valence-electron chi connectivity index (χ2n) is 9.15. The number of halogens is 2. The van der Waals surface area contributed by atoms with Crippen molar-refractivity contribution in [3.63, 3.8) is 0 Å². The maximum absolute atomic E-state index is 14.8. The molecule has 0 saturated carbocycles. The molecule has 0 amide bonds. The lowest BCUT2D eigenvalue weighted by molar-refractivity contribution is 0.0524. The third-order valence-electron chi connectivity index (χ3n) is 7.04. The Balaban J connectivity index is 1.66. The number of carbonyl (C=O) groups excluding carboxylic acids is 1. The molecule has 0 bridgehead atoms. The lowest BCUT2D eigenvalue weighted by Gasteiger charge is -2.30. The van der Waals surface area contributed by atoms with Crippen LogP contribution in [0.4, 0.5) is 14.6 Å². The van der Waals surface area contributed by atoms with Crippen LogP contribution in [-0.4, -0.2) is 41.3 Å². The molecule has 2 aliphatic rings. The van der Waals surface area contributed by atoms with Crippen molar-refractivity contribution in [3.05, 3.63) is 76.1 Å². The van der Waals surface area contributed by atoms with E-state index in [0.29, 0.717) is 24.2 Å². The van der Waals surface area contributed by atoms with Gasteiger partial charge in [-0.1, -0.05) is 19.1 Å². The van der Waals surface area contributed by atoms with Gasteiger partial charge in [0.1, 0.15) is 23.0 Å². The van der Waals surface area contributed by atoms with Gasteiger partial charge in [-0.25, -0.2) is 18.6 Å². The van der Waals surface area contributed by atoms with Crippen molar-refractivity contribution in [3.8, 4) is 5.69 Å². The number of nitrogens with two attached hydrogens (primary N) is 1. The van der Waals surface area contributed by atoms with E-state index in [1.807, 2.05) is 0 Å². The molecule has 2 N–H and O–H groups in total.